The van der Waals surface area contributed by atoms with Crippen LogP contribution in [0.15, 0.2) is 59.0 Å². The molecule has 3 rings (SSSR count). The van der Waals surface area contributed by atoms with Gasteiger partial charge in [-0.15, -0.1) is 0 Å². The molecule has 0 amide bonds. The van der Waals surface area contributed by atoms with Gasteiger partial charge in [-0.2, -0.15) is 10.2 Å². The van der Waals surface area contributed by atoms with E-state index in [1.54, 1.807) is 0 Å². The van der Waals surface area contributed by atoms with Crippen LogP contribution in [-0.4, -0.2) is 4.98 Å². The van der Waals surface area contributed by atoms with Crippen molar-refractivity contribution in [1.29, 1.82) is 5.26 Å². The quantitative estimate of drug-likeness (QED) is 0.742. The van der Waals surface area contributed by atoms with Crippen LogP contribution in [0.1, 0.15) is 22.7 Å². The summed E-state index contributed by atoms with van der Waals surface area (Å²) in [6, 6.07) is 19.6. The maximum Gasteiger partial charge on any atom is 0.236 e. The minimum atomic E-state index is 0.173. The van der Waals surface area contributed by atoms with Gasteiger partial charge in [0.05, 0.1) is 0 Å². The van der Waals surface area contributed by atoms with Gasteiger partial charge in [-0.05, 0) is 24.1 Å². The van der Waals surface area contributed by atoms with Gasteiger partial charge in [0.1, 0.15) is 11.8 Å². The summed E-state index contributed by atoms with van der Waals surface area (Å²) >= 11 is 0. The van der Waals surface area contributed by atoms with Gasteiger partial charge in [-0.1, -0.05) is 48.5 Å². The predicted octanol–water partition coefficient (Wildman–Crippen LogP) is 4.05. The van der Waals surface area contributed by atoms with Gasteiger partial charge in [0.15, 0.2) is 6.61 Å². The molecular weight excluding hydrogens is 302 g/mol. The number of nitriles is 1. The Labute approximate surface area is 140 Å². The summed E-state index contributed by atoms with van der Waals surface area (Å²) in [4.78, 5) is 4.17. The lowest BCUT2D eigenvalue weighted by Crippen LogP contribution is -1.99. The number of para-hydroxylation sites is 1. The molecule has 0 aliphatic carbocycles. The van der Waals surface area contributed by atoms with Crippen LogP contribution in [0.3, 0.4) is 0 Å². The predicted molar refractivity (Wildman–Crippen MR) is 90.5 cm³/mol. The second-order valence-electron chi connectivity index (χ2n) is 5.29. The topological polar surface area (TPSA) is 71.1 Å². The van der Waals surface area contributed by atoms with Crippen LogP contribution in [0, 0.1) is 18.3 Å². The molecule has 0 aliphatic rings. The SMILES string of the molecule is Cc1ccccc1OCc1nc(C#N)c(NCc2ccccc2)o1. The first kappa shape index (κ1) is 15.6. The van der Waals surface area contributed by atoms with Crippen molar-refractivity contribution in [3.63, 3.8) is 0 Å². The van der Waals surface area contributed by atoms with Gasteiger partial charge in [0.25, 0.3) is 0 Å². The molecule has 120 valence electrons. The van der Waals surface area contributed by atoms with Gasteiger partial charge >= 0.3 is 0 Å². The first-order valence-corrected chi connectivity index (χ1v) is 7.62. The van der Waals surface area contributed by atoms with Crippen molar-refractivity contribution in [2.45, 2.75) is 20.1 Å². The third kappa shape index (κ3) is 3.73. The summed E-state index contributed by atoms with van der Waals surface area (Å²) in [5.74, 6) is 1.50. The lowest BCUT2D eigenvalue weighted by molar-refractivity contribution is 0.263. The van der Waals surface area contributed by atoms with Crippen molar-refractivity contribution in [3.05, 3.63) is 77.3 Å². The third-order valence-electron chi connectivity index (χ3n) is 3.52. The van der Waals surface area contributed by atoms with Crippen molar-refractivity contribution < 1.29 is 9.15 Å². The fourth-order valence-corrected chi connectivity index (χ4v) is 2.26. The fraction of sp³-hybridized carbons (Fsp3) is 0.158. The van der Waals surface area contributed by atoms with Crippen LogP contribution in [-0.2, 0) is 13.2 Å². The Balaban J connectivity index is 1.66. The lowest BCUT2D eigenvalue weighted by Gasteiger charge is -2.06. The van der Waals surface area contributed by atoms with E-state index >= 15 is 0 Å². The number of anilines is 1. The van der Waals surface area contributed by atoms with Gasteiger partial charge in [-0.3, -0.25) is 0 Å². The Bertz CT molecular complexity index is 851. The van der Waals surface area contributed by atoms with Crippen molar-refractivity contribution in [3.8, 4) is 11.8 Å². The number of benzene rings is 2. The molecule has 0 unspecified atom stereocenters. The van der Waals surface area contributed by atoms with E-state index in [0.29, 0.717) is 18.3 Å². The molecular formula is C19H17N3O2. The molecule has 0 spiro atoms. The molecule has 0 aliphatic heterocycles. The average molecular weight is 319 g/mol. The standard InChI is InChI=1S/C19H17N3O2/c1-14-7-5-6-10-17(14)23-13-18-22-16(11-20)19(24-18)21-12-15-8-3-2-4-9-15/h2-10,21H,12-13H2,1H3. The second-order valence-corrected chi connectivity index (χ2v) is 5.29. The fourth-order valence-electron chi connectivity index (χ4n) is 2.26. The van der Waals surface area contributed by atoms with Crippen LogP contribution in [0.2, 0.25) is 0 Å². The van der Waals surface area contributed by atoms with E-state index in [0.717, 1.165) is 16.9 Å². The Kier molecular flexibility index (Phi) is 4.78. The van der Waals surface area contributed by atoms with Gasteiger partial charge in [0.2, 0.25) is 17.5 Å². The second kappa shape index (κ2) is 7.34. The first-order valence-electron chi connectivity index (χ1n) is 7.62. The summed E-state index contributed by atoms with van der Waals surface area (Å²) < 4.78 is 11.3. The number of hydrogen-bond donors (Lipinski definition) is 1. The Morgan fingerprint density at radius 1 is 1.12 bits per heavy atom. The van der Waals surface area contributed by atoms with Crippen LogP contribution in [0.5, 0.6) is 5.75 Å². The molecule has 2 aromatic carbocycles. The highest BCUT2D eigenvalue weighted by molar-refractivity contribution is 5.45. The largest absolute Gasteiger partial charge is 0.484 e. The number of hydrogen-bond acceptors (Lipinski definition) is 5. The van der Waals surface area contributed by atoms with E-state index < -0.39 is 0 Å². The number of ether oxygens (including phenoxy) is 1. The highest BCUT2D eigenvalue weighted by Gasteiger charge is 2.13. The van der Waals surface area contributed by atoms with Crippen molar-refractivity contribution in [1.82, 2.24) is 4.98 Å². The number of nitrogens with zero attached hydrogens (tertiary/aromatic N) is 2. The number of oxazole rings is 1. The van der Waals surface area contributed by atoms with E-state index in [1.807, 2.05) is 67.6 Å². The normalized spacial score (nSPS) is 10.2. The van der Waals surface area contributed by atoms with Crippen LogP contribution >= 0.6 is 0 Å². The zero-order valence-electron chi connectivity index (χ0n) is 13.3. The lowest BCUT2D eigenvalue weighted by atomic mass is 10.2. The van der Waals surface area contributed by atoms with Gasteiger partial charge in [0, 0.05) is 6.54 Å². The molecule has 1 N–H and O–H groups in total. The number of rotatable bonds is 6. The smallest absolute Gasteiger partial charge is 0.236 e. The summed E-state index contributed by atoms with van der Waals surface area (Å²) in [6.45, 7) is 2.70. The highest BCUT2D eigenvalue weighted by Crippen LogP contribution is 2.21. The van der Waals surface area contributed by atoms with Gasteiger partial charge in [-0.25, -0.2) is 0 Å². The van der Waals surface area contributed by atoms with Crippen molar-refractivity contribution >= 4 is 5.88 Å². The Morgan fingerprint density at radius 2 is 1.88 bits per heavy atom. The molecule has 1 aromatic heterocycles. The molecule has 24 heavy (non-hydrogen) atoms. The Hall–Kier alpha value is -3.26. The zero-order chi connectivity index (χ0) is 16.8. The highest BCUT2D eigenvalue weighted by atomic mass is 16.5. The summed E-state index contributed by atoms with van der Waals surface area (Å²) in [5.41, 5.74) is 2.36. The van der Waals surface area contributed by atoms with E-state index in [4.69, 9.17) is 9.15 Å². The molecule has 0 bridgehead atoms. The molecule has 0 saturated carbocycles. The molecule has 5 nitrogen and oxygen atoms in total. The number of aromatic nitrogens is 1. The molecule has 1 heterocycles. The zero-order valence-corrected chi connectivity index (χ0v) is 13.3. The first-order chi connectivity index (χ1) is 11.8. The minimum Gasteiger partial charge on any atom is -0.484 e. The molecule has 5 heteroatoms. The van der Waals surface area contributed by atoms with Gasteiger partial charge < -0.3 is 14.5 Å². The van der Waals surface area contributed by atoms with Crippen LogP contribution in [0.25, 0.3) is 0 Å². The molecule has 0 radical (unpaired) electrons. The average Bonchev–Trinajstić information content (AvgIpc) is 3.02. The maximum absolute atomic E-state index is 9.21. The van der Waals surface area contributed by atoms with E-state index in [9.17, 15) is 5.26 Å². The number of aryl methyl sites for hydroxylation is 1. The molecule has 0 saturated heterocycles. The Morgan fingerprint density at radius 3 is 2.62 bits per heavy atom. The maximum atomic E-state index is 9.21. The third-order valence-corrected chi connectivity index (χ3v) is 3.52. The van der Waals surface area contributed by atoms with Crippen LogP contribution in [0.4, 0.5) is 5.88 Å². The molecule has 0 fully saturated rings. The monoisotopic (exact) mass is 319 g/mol. The van der Waals surface area contributed by atoms with Crippen molar-refractivity contribution in [2.75, 3.05) is 5.32 Å². The van der Waals surface area contributed by atoms with Crippen molar-refractivity contribution in [2.24, 2.45) is 0 Å². The molecule has 0 atom stereocenters. The van der Waals surface area contributed by atoms with E-state index in [-0.39, 0.29) is 12.3 Å². The van der Waals surface area contributed by atoms with E-state index in [2.05, 4.69) is 10.3 Å². The number of nitrogens with one attached hydrogen (secondary N) is 1. The summed E-state index contributed by atoms with van der Waals surface area (Å²) in [6.07, 6.45) is 0. The minimum absolute atomic E-state index is 0.173. The van der Waals surface area contributed by atoms with Crippen LogP contribution < -0.4 is 10.1 Å². The van der Waals surface area contributed by atoms with E-state index in [1.165, 1.54) is 0 Å². The molecule has 3 aromatic rings. The summed E-state index contributed by atoms with van der Waals surface area (Å²) in [5, 5.41) is 12.3. The summed E-state index contributed by atoms with van der Waals surface area (Å²) in [7, 11) is 0.